The maximum absolute atomic E-state index is 13.3. The molecular formula is C25H24FNO5S. The highest BCUT2D eigenvalue weighted by Gasteiger charge is 2.22. The van der Waals surface area contributed by atoms with Gasteiger partial charge in [-0.25, -0.2) is 9.18 Å². The van der Waals surface area contributed by atoms with Crippen LogP contribution in [0, 0.1) is 5.82 Å². The van der Waals surface area contributed by atoms with Gasteiger partial charge < -0.3 is 19.5 Å². The molecule has 1 aromatic heterocycles. The number of halogens is 1. The van der Waals surface area contributed by atoms with Crippen molar-refractivity contribution in [2.24, 2.45) is 0 Å². The number of anilines is 1. The summed E-state index contributed by atoms with van der Waals surface area (Å²) in [5, 5.41) is 4.83. The maximum atomic E-state index is 13.3. The van der Waals surface area contributed by atoms with Crippen molar-refractivity contribution in [1.29, 1.82) is 0 Å². The molecule has 172 valence electrons. The van der Waals surface area contributed by atoms with Crippen LogP contribution in [0.3, 0.4) is 0 Å². The minimum absolute atomic E-state index is 0.185. The number of carbonyl (C=O) groups excluding carboxylic acids is 2. The fraction of sp³-hybridized carbons (Fsp3) is 0.200. The van der Waals surface area contributed by atoms with E-state index in [1.807, 2.05) is 6.92 Å². The van der Waals surface area contributed by atoms with Gasteiger partial charge in [-0.3, -0.25) is 4.79 Å². The summed E-state index contributed by atoms with van der Waals surface area (Å²) in [5.74, 6) is -0.176. The molecule has 0 saturated heterocycles. The van der Waals surface area contributed by atoms with Crippen LogP contribution in [0.25, 0.3) is 17.2 Å². The van der Waals surface area contributed by atoms with Gasteiger partial charge in [-0.1, -0.05) is 18.2 Å². The zero-order valence-electron chi connectivity index (χ0n) is 18.5. The van der Waals surface area contributed by atoms with E-state index in [1.165, 1.54) is 29.5 Å². The van der Waals surface area contributed by atoms with Crippen LogP contribution in [-0.4, -0.2) is 32.2 Å². The first kappa shape index (κ1) is 24.0. The summed E-state index contributed by atoms with van der Waals surface area (Å²) in [5.41, 5.74) is 2.19. The van der Waals surface area contributed by atoms with E-state index in [0.29, 0.717) is 34.2 Å². The molecule has 33 heavy (non-hydrogen) atoms. The van der Waals surface area contributed by atoms with Gasteiger partial charge in [-0.2, -0.15) is 0 Å². The van der Waals surface area contributed by atoms with Crippen molar-refractivity contribution in [3.63, 3.8) is 0 Å². The lowest BCUT2D eigenvalue weighted by atomic mass is 10.0. The van der Waals surface area contributed by atoms with Crippen molar-refractivity contribution in [1.82, 2.24) is 0 Å². The van der Waals surface area contributed by atoms with Gasteiger partial charge in [-0.05, 0) is 55.3 Å². The second kappa shape index (κ2) is 11.3. The SMILES string of the molecule is CCOC(=O)c1c(-c2ccc(F)cc2)csc1NC(=O)/C=C/c1ccc(OCC)c(OC)c1. The Morgan fingerprint density at radius 2 is 1.82 bits per heavy atom. The van der Waals surface area contributed by atoms with Gasteiger partial charge in [0.2, 0.25) is 5.91 Å². The number of methoxy groups -OCH3 is 1. The Labute approximate surface area is 195 Å². The first-order valence-corrected chi connectivity index (χ1v) is 11.2. The molecule has 0 atom stereocenters. The summed E-state index contributed by atoms with van der Waals surface area (Å²) in [4.78, 5) is 25.2. The normalized spacial score (nSPS) is 10.8. The highest BCUT2D eigenvalue weighted by atomic mass is 32.1. The summed E-state index contributed by atoms with van der Waals surface area (Å²) in [7, 11) is 1.55. The van der Waals surface area contributed by atoms with Crippen LogP contribution in [-0.2, 0) is 9.53 Å². The smallest absolute Gasteiger partial charge is 0.341 e. The molecule has 8 heteroatoms. The number of nitrogens with one attached hydrogen (secondary N) is 1. The quantitative estimate of drug-likeness (QED) is 0.317. The van der Waals surface area contributed by atoms with Gasteiger partial charge in [0.25, 0.3) is 0 Å². The third-order valence-electron chi connectivity index (χ3n) is 4.58. The van der Waals surface area contributed by atoms with Crippen molar-refractivity contribution in [2.75, 3.05) is 25.6 Å². The first-order valence-electron chi connectivity index (χ1n) is 10.3. The molecule has 2 aromatic carbocycles. The number of thiophene rings is 1. The second-order valence-electron chi connectivity index (χ2n) is 6.75. The third kappa shape index (κ3) is 5.98. The van der Waals surface area contributed by atoms with E-state index in [2.05, 4.69) is 5.32 Å². The number of esters is 1. The number of rotatable bonds is 9. The molecule has 0 aliphatic carbocycles. The lowest BCUT2D eigenvalue weighted by Crippen LogP contribution is -2.12. The molecule has 0 unspecified atom stereocenters. The van der Waals surface area contributed by atoms with E-state index in [1.54, 1.807) is 55.8 Å². The minimum atomic E-state index is -0.561. The van der Waals surface area contributed by atoms with E-state index in [-0.39, 0.29) is 18.0 Å². The summed E-state index contributed by atoms with van der Waals surface area (Å²) in [6.07, 6.45) is 2.99. The van der Waals surface area contributed by atoms with E-state index in [4.69, 9.17) is 14.2 Å². The molecule has 0 spiro atoms. The number of benzene rings is 2. The molecule has 6 nitrogen and oxygen atoms in total. The van der Waals surface area contributed by atoms with E-state index >= 15 is 0 Å². The predicted octanol–water partition coefficient (Wildman–Crippen LogP) is 5.79. The Morgan fingerprint density at radius 3 is 2.48 bits per heavy atom. The zero-order valence-corrected chi connectivity index (χ0v) is 19.3. The molecular weight excluding hydrogens is 445 g/mol. The van der Waals surface area contributed by atoms with Crippen molar-refractivity contribution in [3.05, 3.63) is 70.9 Å². The summed E-state index contributed by atoms with van der Waals surface area (Å²) >= 11 is 1.20. The molecule has 0 saturated carbocycles. The van der Waals surface area contributed by atoms with E-state index < -0.39 is 11.9 Å². The number of ether oxygens (including phenoxy) is 3. The molecule has 3 rings (SSSR count). The highest BCUT2D eigenvalue weighted by molar-refractivity contribution is 7.15. The fourth-order valence-corrected chi connectivity index (χ4v) is 4.05. The van der Waals surface area contributed by atoms with E-state index in [0.717, 1.165) is 5.56 Å². The molecule has 3 aromatic rings. The fourth-order valence-electron chi connectivity index (χ4n) is 3.09. The van der Waals surface area contributed by atoms with E-state index in [9.17, 15) is 14.0 Å². The van der Waals surface area contributed by atoms with Crippen LogP contribution < -0.4 is 14.8 Å². The standard InChI is InChI=1S/C25H24FNO5S/c1-4-31-20-12-6-16(14-21(20)30-3)7-13-22(28)27-24-23(25(29)32-5-2)19(15-33-24)17-8-10-18(26)11-9-17/h6-15H,4-5H2,1-3H3,(H,27,28)/b13-7+. The zero-order chi connectivity index (χ0) is 23.8. The van der Waals surface area contributed by atoms with Crippen LogP contribution in [0.4, 0.5) is 9.39 Å². The molecule has 0 radical (unpaired) electrons. The summed E-state index contributed by atoms with van der Waals surface area (Å²) in [6.45, 7) is 4.28. The lowest BCUT2D eigenvalue weighted by molar-refractivity contribution is -0.111. The molecule has 1 N–H and O–H groups in total. The average Bonchev–Trinajstić information content (AvgIpc) is 3.22. The Balaban J connectivity index is 1.83. The monoisotopic (exact) mass is 469 g/mol. The second-order valence-corrected chi connectivity index (χ2v) is 7.63. The van der Waals surface area contributed by atoms with Crippen molar-refractivity contribution < 1.29 is 28.2 Å². The molecule has 1 amide bonds. The van der Waals surface area contributed by atoms with Gasteiger partial charge in [0.1, 0.15) is 16.4 Å². The maximum Gasteiger partial charge on any atom is 0.341 e. The minimum Gasteiger partial charge on any atom is -0.493 e. The summed E-state index contributed by atoms with van der Waals surface area (Å²) in [6, 6.07) is 11.1. The first-order chi connectivity index (χ1) is 16.0. The van der Waals surface area contributed by atoms with Crippen LogP contribution in [0.15, 0.2) is 53.9 Å². The lowest BCUT2D eigenvalue weighted by Gasteiger charge is -2.09. The number of carbonyl (C=O) groups is 2. The van der Waals surface area contributed by atoms with Gasteiger partial charge >= 0.3 is 5.97 Å². The largest absolute Gasteiger partial charge is 0.493 e. The van der Waals surface area contributed by atoms with Crippen LogP contribution in [0.2, 0.25) is 0 Å². The molecule has 1 heterocycles. The van der Waals surface area contributed by atoms with Gasteiger partial charge in [0.15, 0.2) is 11.5 Å². The Morgan fingerprint density at radius 1 is 1.06 bits per heavy atom. The number of hydrogen-bond donors (Lipinski definition) is 1. The van der Waals surface area contributed by atoms with Crippen LogP contribution >= 0.6 is 11.3 Å². The predicted molar refractivity (Wildman–Crippen MR) is 127 cm³/mol. The molecule has 0 bridgehead atoms. The highest BCUT2D eigenvalue weighted by Crippen LogP contribution is 2.36. The number of amides is 1. The average molecular weight is 470 g/mol. The third-order valence-corrected chi connectivity index (χ3v) is 5.47. The summed E-state index contributed by atoms with van der Waals surface area (Å²) < 4.78 is 29.3. The van der Waals surface area contributed by atoms with Crippen molar-refractivity contribution in [3.8, 4) is 22.6 Å². The van der Waals surface area contributed by atoms with Crippen molar-refractivity contribution in [2.45, 2.75) is 13.8 Å². The van der Waals surface area contributed by atoms with Gasteiger partial charge in [0, 0.05) is 17.0 Å². The Kier molecular flexibility index (Phi) is 8.21. The number of hydrogen-bond acceptors (Lipinski definition) is 6. The van der Waals surface area contributed by atoms with Crippen LogP contribution in [0.1, 0.15) is 29.8 Å². The Hall–Kier alpha value is -3.65. The molecule has 0 aliphatic heterocycles. The molecule has 0 fully saturated rings. The Bertz CT molecular complexity index is 1150. The van der Waals surface area contributed by atoms with Gasteiger partial charge in [0.05, 0.1) is 20.3 Å². The van der Waals surface area contributed by atoms with Crippen molar-refractivity contribution >= 4 is 34.3 Å². The molecule has 0 aliphatic rings. The van der Waals surface area contributed by atoms with Gasteiger partial charge in [-0.15, -0.1) is 11.3 Å². The van der Waals surface area contributed by atoms with Crippen LogP contribution in [0.5, 0.6) is 11.5 Å². The topological polar surface area (TPSA) is 73.9 Å².